The molecule has 5 aromatic rings. The molecule has 32 heavy (non-hydrogen) atoms. The van der Waals surface area contributed by atoms with E-state index < -0.39 is 6.61 Å². The molecule has 12 heteroatoms. The standard InChI is InChI=1S/C20H14F2N6O3S/c1-27-17(29)13-4-2-3-5-14(13)28-15(23-25-19(27)28)10-32-20-26-24-16(31-20)11-6-8-12(9-7-11)30-18(21)22/h2-9,18H,10H2,1H3. The van der Waals surface area contributed by atoms with Gasteiger partial charge in [-0.15, -0.1) is 20.4 Å². The van der Waals surface area contributed by atoms with E-state index in [9.17, 15) is 13.6 Å². The van der Waals surface area contributed by atoms with E-state index in [-0.39, 0.29) is 17.2 Å². The van der Waals surface area contributed by atoms with Crippen molar-refractivity contribution in [1.82, 2.24) is 29.4 Å². The second-order valence-electron chi connectivity index (χ2n) is 6.70. The maximum Gasteiger partial charge on any atom is 0.387 e. The van der Waals surface area contributed by atoms with Crippen LogP contribution in [-0.2, 0) is 12.8 Å². The van der Waals surface area contributed by atoms with Crippen molar-refractivity contribution in [1.29, 1.82) is 0 Å². The van der Waals surface area contributed by atoms with Crippen molar-refractivity contribution in [3.05, 3.63) is 64.7 Å². The lowest BCUT2D eigenvalue weighted by Gasteiger charge is -2.07. The van der Waals surface area contributed by atoms with Gasteiger partial charge in [-0.1, -0.05) is 23.9 Å². The Balaban J connectivity index is 1.39. The first-order valence-electron chi connectivity index (χ1n) is 9.34. The van der Waals surface area contributed by atoms with E-state index in [1.165, 1.54) is 28.5 Å². The van der Waals surface area contributed by atoms with Crippen LogP contribution in [0.2, 0.25) is 0 Å². The summed E-state index contributed by atoms with van der Waals surface area (Å²) in [6.45, 7) is -2.89. The summed E-state index contributed by atoms with van der Waals surface area (Å²) in [6.07, 6.45) is 0. The van der Waals surface area contributed by atoms with Crippen LogP contribution in [0, 0.1) is 0 Å². The lowest BCUT2D eigenvalue weighted by atomic mass is 10.2. The van der Waals surface area contributed by atoms with Gasteiger partial charge in [0.25, 0.3) is 10.8 Å². The van der Waals surface area contributed by atoms with Gasteiger partial charge in [0, 0.05) is 12.6 Å². The van der Waals surface area contributed by atoms with Crippen molar-refractivity contribution < 1.29 is 17.9 Å². The number of fused-ring (bicyclic) bond motifs is 3. The minimum Gasteiger partial charge on any atom is -0.435 e. The summed E-state index contributed by atoms with van der Waals surface area (Å²) in [5, 5.41) is 17.3. The molecule has 0 aliphatic heterocycles. The van der Waals surface area contributed by atoms with Crippen molar-refractivity contribution in [2.24, 2.45) is 7.05 Å². The Morgan fingerprint density at radius 2 is 1.84 bits per heavy atom. The normalized spacial score (nSPS) is 11.6. The second kappa shape index (κ2) is 8.04. The van der Waals surface area contributed by atoms with Crippen molar-refractivity contribution in [3.63, 3.8) is 0 Å². The fraction of sp³-hybridized carbons (Fsp3) is 0.150. The van der Waals surface area contributed by atoms with Crippen molar-refractivity contribution in [2.45, 2.75) is 17.6 Å². The smallest absolute Gasteiger partial charge is 0.387 e. The van der Waals surface area contributed by atoms with Crippen LogP contribution >= 0.6 is 11.8 Å². The molecule has 0 saturated heterocycles. The minimum absolute atomic E-state index is 0.0400. The van der Waals surface area contributed by atoms with Gasteiger partial charge in [-0.25, -0.2) is 0 Å². The fourth-order valence-corrected chi connectivity index (χ4v) is 3.95. The molecule has 0 aliphatic carbocycles. The number of thioether (sulfide) groups is 1. The zero-order chi connectivity index (χ0) is 22.2. The molecule has 2 aromatic carbocycles. The van der Waals surface area contributed by atoms with Gasteiger partial charge in [0.05, 0.1) is 16.7 Å². The second-order valence-corrected chi connectivity index (χ2v) is 7.62. The summed E-state index contributed by atoms with van der Waals surface area (Å²) < 4.78 is 37.8. The average Bonchev–Trinajstić information content (AvgIpc) is 3.44. The average molecular weight is 456 g/mol. The number of aryl methyl sites for hydroxylation is 1. The molecule has 0 fully saturated rings. The number of alkyl halides is 2. The Morgan fingerprint density at radius 1 is 1.06 bits per heavy atom. The molecular formula is C20H14F2N6O3S. The lowest BCUT2D eigenvalue weighted by molar-refractivity contribution is -0.0498. The van der Waals surface area contributed by atoms with Crippen LogP contribution in [0.3, 0.4) is 0 Å². The molecule has 5 rings (SSSR count). The van der Waals surface area contributed by atoms with Crippen LogP contribution in [0.4, 0.5) is 8.78 Å². The van der Waals surface area contributed by atoms with Gasteiger partial charge >= 0.3 is 6.61 Å². The van der Waals surface area contributed by atoms with E-state index in [0.717, 1.165) is 0 Å². The van der Waals surface area contributed by atoms with Crippen molar-refractivity contribution in [2.75, 3.05) is 0 Å². The Kier molecular flexibility index (Phi) is 5.05. The third-order valence-electron chi connectivity index (χ3n) is 4.75. The van der Waals surface area contributed by atoms with Crippen LogP contribution in [0.5, 0.6) is 5.75 Å². The molecule has 0 unspecified atom stereocenters. The summed E-state index contributed by atoms with van der Waals surface area (Å²) >= 11 is 1.26. The Morgan fingerprint density at radius 3 is 2.62 bits per heavy atom. The summed E-state index contributed by atoms with van der Waals surface area (Å²) in [4.78, 5) is 12.5. The van der Waals surface area contributed by atoms with Gasteiger partial charge in [0.1, 0.15) is 11.6 Å². The van der Waals surface area contributed by atoms with Gasteiger partial charge in [0.2, 0.25) is 11.7 Å². The zero-order valence-electron chi connectivity index (χ0n) is 16.5. The Hall–Kier alpha value is -3.80. The molecule has 9 nitrogen and oxygen atoms in total. The number of para-hydroxylation sites is 1. The van der Waals surface area contributed by atoms with Gasteiger partial charge < -0.3 is 9.15 Å². The number of aromatic nitrogens is 6. The van der Waals surface area contributed by atoms with Gasteiger partial charge in [-0.2, -0.15) is 8.78 Å². The molecule has 162 valence electrons. The monoisotopic (exact) mass is 456 g/mol. The predicted molar refractivity (Wildman–Crippen MR) is 112 cm³/mol. The lowest BCUT2D eigenvalue weighted by Crippen LogP contribution is -2.20. The van der Waals surface area contributed by atoms with Crippen LogP contribution < -0.4 is 10.3 Å². The molecule has 3 aromatic heterocycles. The minimum atomic E-state index is -2.89. The highest BCUT2D eigenvalue weighted by Gasteiger charge is 2.16. The molecule has 0 spiro atoms. The molecule has 0 amide bonds. The van der Waals surface area contributed by atoms with E-state index in [4.69, 9.17) is 4.42 Å². The molecule has 0 N–H and O–H groups in total. The van der Waals surface area contributed by atoms with Crippen LogP contribution in [0.25, 0.3) is 28.1 Å². The maximum atomic E-state index is 12.5. The van der Waals surface area contributed by atoms with Gasteiger partial charge in [-0.3, -0.25) is 13.8 Å². The molecule has 0 bridgehead atoms. The van der Waals surface area contributed by atoms with Crippen LogP contribution in [0.15, 0.2) is 63.0 Å². The van der Waals surface area contributed by atoms with Gasteiger partial charge in [-0.05, 0) is 36.4 Å². The summed E-state index contributed by atoms with van der Waals surface area (Å²) in [5.74, 6) is 1.70. The topological polar surface area (TPSA) is 100 Å². The Bertz CT molecular complexity index is 1480. The van der Waals surface area contributed by atoms with E-state index in [2.05, 4.69) is 25.1 Å². The number of rotatable bonds is 6. The number of ether oxygens (including phenoxy) is 1. The largest absolute Gasteiger partial charge is 0.435 e. The molecular weight excluding hydrogens is 442 g/mol. The van der Waals surface area contributed by atoms with E-state index in [1.807, 2.05) is 16.5 Å². The van der Waals surface area contributed by atoms with E-state index in [1.54, 1.807) is 31.3 Å². The number of nitrogens with zero attached hydrogens (tertiary/aromatic N) is 6. The SMILES string of the molecule is Cn1c(=O)c2ccccc2n2c(CSc3nnc(-c4ccc(OC(F)F)cc4)o3)nnc12. The number of benzene rings is 2. The third kappa shape index (κ3) is 3.58. The summed E-state index contributed by atoms with van der Waals surface area (Å²) in [7, 11) is 1.65. The van der Waals surface area contributed by atoms with Crippen LogP contribution in [-0.4, -0.2) is 36.0 Å². The molecule has 3 heterocycles. The molecule has 0 atom stereocenters. The summed E-state index contributed by atoms with van der Waals surface area (Å²) in [6, 6.07) is 13.2. The number of hydrogen-bond donors (Lipinski definition) is 0. The quantitative estimate of drug-likeness (QED) is 0.358. The predicted octanol–water partition coefficient (Wildman–Crippen LogP) is 3.52. The van der Waals surface area contributed by atoms with E-state index in [0.29, 0.717) is 39.0 Å². The highest BCUT2D eigenvalue weighted by molar-refractivity contribution is 7.98. The molecule has 0 saturated carbocycles. The van der Waals surface area contributed by atoms with Crippen LogP contribution in [0.1, 0.15) is 5.82 Å². The highest BCUT2D eigenvalue weighted by Crippen LogP contribution is 2.27. The van der Waals surface area contributed by atoms with Crippen molar-refractivity contribution in [3.8, 4) is 17.2 Å². The highest BCUT2D eigenvalue weighted by atomic mass is 32.2. The summed E-state index contributed by atoms with van der Waals surface area (Å²) in [5.41, 5.74) is 1.13. The molecule has 0 aliphatic rings. The number of hydrogen-bond acceptors (Lipinski definition) is 8. The molecule has 0 radical (unpaired) electrons. The van der Waals surface area contributed by atoms with E-state index >= 15 is 0 Å². The number of halogens is 2. The van der Waals surface area contributed by atoms with Crippen molar-refractivity contribution >= 4 is 28.4 Å². The maximum absolute atomic E-state index is 12.5. The first kappa shape index (κ1) is 20.1. The fourth-order valence-electron chi connectivity index (χ4n) is 3.28. The zero-order valence-corrected chi connectivity index (χ0v) is 17.3. The first-order valence-corrected chi connectivity index (χ1v) is 10.3. The van der Waals surface area contributed by atoms with Gasteiger partial charge in [0.15, 0.2) is 0 Å². The first-order chi connectivity index (χ1) is 15.5. The third-order valence-corrected chi connectivity index (χ3v) is 5.57. The Labute approximate surface area is 182 Å².